The van der Waals surface area contributed by atoms with Crippen molar-refractivity contribution in [2.24, 2.45) is 11.7 Å². The Hall–Kier alpha value is -0.340. The summed E-state index contributed by atoms with van der Waals surface area (Å²) in [4.78, 5) is 0. The molecule has 0 amide bonds. The zero-order valence-corrected chi connectivity index (χ0v) is 6.31. The number of hydrogen-bond acceptors (Lipinski definition) is 2. The summed E-state index contributed by atoms with van der Waals surface area (Å²) in [5.74, 6) is 0.587. The molecule has 1 saturated heterocycles. The Kier molecular flexibility index (Phi) is 2.90. The van der Waals surface area contributed by atoms with Gasteiger partial charge in [-0.15, -0.1) is 0 Å². The Balaban J connectivity index is 2.25. The molecule has 1 heterocycles. The summed E-state index contributed by atoms with van der Waals surface area (Å²) < 4.78 is 5.22. The zero-order valence-electron chi connectivity index (χ0n) is 6.31. The highest BCUT2D eigenvalue weighted by atomic mass is 16.5. The quantitative estimate of drug-likeness (QED) is 0.593. The van der Waals surface area contributed by atoms with Gasteiger partial charge in [0, 0.05) is 12.5 Å². The van der Waals surface area contributed by atoms with Gasteiger partial charge >= 0.3 is 0 Å². The Morgan fingerprint density at radius 2 is 2.50 bits per heavy atom. The highest BCUT2D eigenvalue weighted by molar-refractivity contribution is 5.02. The van der Waals surface area contributed by atoms with Crippen LogP contribution in [0.5, 0.6) is 0 Å². The van der Waals surface area contributed by atoms with Crippen molar-refractivity contribution in [3.63, 3.8) is 0 Å². The van der Waals surface area contributed by atoms with Crippen LogP contribution in [-0.4, -0.2) is 19.8 Å². The predicted octanol–water partition coefficient (Wildman–Crippen LogP) is 0.928. The molecule has 1 rings (SSSR count). The number of nitrogens with two attached hydrogens (primary N) is 1. The van der Waals surface area contributed by atoms with E-state index in [1.54, 1.807) is 0 Å². The van der Waals surface area contributed by atoms with Gasteiger partial charge in [0.25, 0.3) is 0 Å². The van der Waals surface area contributed by atoms with Gasteiger partial charge in [-0.05, 0) is 19.4 Å². The molecule has 0 radical (unpaired) electrons. The largest absolute Gasteiger partial charge is 0.381 e. The molecular formula is C8H15NO. The maximum absolute atomic E-state index is 5.40. The van der Waals surface area contributed by atoms with E-state index in [2.05, 4.69) is 6.58 Å². The van der Waals surface area contributed by atoms with E-state index in [0.717, 1.165) is 32.6 Å². The summed E-state index contributed by atoms with van der Waals surface area (Å²) in [6.07, 6.45) is 2.09. The molecule has 2 nitrogen and oxygen atoms in total. The molecule has 2 N–H and O–H groups in total. The van der Waals surface area contributed by atoms with Gasteiger partial charge in [0.15, 0.2) is 0 Å². The summed E-state index contributed by atoms with van der Waals surface area (Å²) in [5, 5.41) is 0. The lowest BCUT2D eigenvalue weighted by molar-refractivity contribution is 0.190. The molecule has 0 aromatic carbocycles. The van der Waals surface area contributed by atoms with Crippen LogP contribution in [0, 0.1) is 5.92 Å². The van der Waals surface area contributed by atoms with E-state index in [1.165, 1.54) is 5.57 Å². The lowest BCUT2D eigenvalue weighted by Crippen LogP contribution is -2.07. The van der Waals surface area contributed by atoms with Crippen molar-refractivity contribution in [3.05, 3.63) is 12.2 Å². The lowest BCUT2D eigenvalue weighted by atomic mass is 9.97. The van der Waals surface area contributed by atoms with Gasteiger partial charge < -0.3 is 10.5 Å². The van der Waals surface area contributed by atoms with E-state index in [1.807, 2.05) is 0 Å². The minimum atomic E-state index is 0.587. The Bertz CT molecular complexity index is 116. The van der Waals surface area contributed by atoms with Crippen molar-refractivity contribution in [1.82, 2.24) is 0 Å². The van der Waals surface area contributed by atoms with Gasteiger partial charge in [0.2, 0.25) is 0 Å². The van der Waals surface area contributed by atoms with E-state index in [4.69, 9.17) is 10.5 Å². The molecular weight excluding hydrogens is 126 g/mol. The molecule has 1 unspecified atom stereocenters. The summed E-state index contributed by atoms with van der Waals surface area (Å²) >= 11 is 0. The minimum absolute atomic E-state index is 0.587. The smallest absolute Gasteiger partial charge is 0.0532 e. The van der Waals surface area contributed by atoms with Crippen molar-refractivity contribution in [2.45, 2.75) is 12.8 Å². The van der Waals surface area contributed by atoms with Gasteiger partial charge in [0.1, 0.15) is 0 Å². The summed E-state index contributed by atoms with van der Waals surface area (Å²) in [6.45, 7) is 6.44. The maximum Gasteiger partial charge on any atom is 0.0532 e. The average Bonchev–Trinajstić information content (AvgIpc) is 2.38. The van der Waals surface area contributed by atoms with Crippen molar-refractivity contribution < 1.29 is 4.74 Å². The molecule has 58 valence electrons. The van der Waals surface area contributed by atoms with Crippen LogP contribution in [0.4, 0.5) is 0 Å². The first kappa shape index (κ1) is 7.76. The first-order valence-corrected chi connectivity index (χ1v) is 3.80. The van der Waals surface area contributed by atoms with Gasteiger partial charge in [-0.25, -0.2) is 0 Å². The van der Waals surface area contributed by atoms with Gasteiger partial charge in [-0.3, -0.25) is 0 Å². The van der Waals surface area contributed by atoms with Crippen LogP contribution in [0.15, 0.2) is 12.2 Å². The van der Waals surface area contributed by atoms with E-state index < -0.39 is 0 Å². The highest BCUT2D eigenvalue weighted by Crippen LogP contribution is 2.21. The first-order valence-electron chi connectivity index (χ1n) is 3.80. The summed E-state index contributed by atoms with van der Waals surface area (Å²) in [5.41, 5.74) is 6.66. The van der Waals surface area contributed by atoms with Gasteiger partial charge in [-0.1, -0.05) is 12.2 Å². The van der Waals surface area contributed by atoms with Crippen molar-refractivity contribution in [2.75, 3.05) is 19.8 Å². The Morgan fingerprint density at radius 3 is 3.00 bits per heavy atom. The van der Waals surface area contributed by atoms with Crippen molar-refractivity contribution >= 4 is 0 Å². The summed E-state index contributed by atoms with van der Waals surface area (Å²) in [6, 6.07) is 0. The molecule has 0 aliphatic carbocycles. The van der Waals surface area contributed by atoms with Crippen LogP contribution in [-0.2, 0) is 4.74 Å². The average molecular weight is 141 g/mol. The molecule has 1 aliphatic heterocycles. The van der Waals surface area contributed by atoms with Gasteiger partial charge in [0.05, 0.1) is 6.61 Å². The second kappa shape index (κ2) is 3.74. The third kappa shape index (κ3) is 1.82. The first-order chi connectivity index (χ1) is 4.84. The van der Waals surface area contributed by atoms with Crippen LogP contribution in [0.2, 0.25) is 0 Å². The second-order valence-electron chi connectivity index (χ2n) is 2.76. The van der Waals surface area contributed by atoms with E-state index >= 15 is 0 Å². The van der Waals surface area contributed by atoms with Crippen LogP contribution >= 0.6 is 0 Å². The van der Waals surface area contributed by atoms with Crippen LogP contribution in [0.3, 0.4) is 0 Å². The molecule has 1 fully saturated rings. The van der Waals surface area contributed by atoms with Crippen LogP contribution in [0.1, 0.15) is 12.8 Å². The summed E-state index contributed by atoms with van der Waals surface area (Å²) in [7, 11) is 0. The molecule has 0 aromatic heterocycles. The van der Waals surface area contributed by atoms with Crippen molar-refractivity contribution in [3.8, 4) is 0 Å². The fraction of sp³-hybridized carbons (Fsp3) is 0.750. The molecule has 0 saturated carbocycles. The van der Waals surface area contributed by atoms with Gasteiger partial charge in [-0.2, -0.15) is 0 Å². The van der Waals surface area contributed by atoms with E-state index in [-0.39, 0.29) is 0 Å². The van der Waals surface area contributed by atoms with Crippen molar-refractivity contribution in [1.29, 1.82) is 0 Å². The van der Waals surface area contributed by atoms with Crippen LogP contribution in [0.25, 0.3) is 0 Å². The van der Waals surface area contributed by atoms with E-state index in [9.17, 15) is 0 Å². The molecule has 2 heteroatoms. The fourth-order valence-electron chi connectivity index (χ4n) is 1.25. The number of rotatable bonds is 3. The standard InChI is InChI=1S/C8H15NO/c1-7(2-4-9)8-3-5-10-6-8/h8H,1-6,9H2. The minimum Gasteiger partial charge on any atom is -0.381 e. The second-order valence-corrected chi connectivity index (χ2v) is 2.76. The lowest BCUT2D eigenvalue weighted by Gasteiger charge is -2.09. The molecule has 1 aliphatic rings. The topological polar surface area (TPSA) is 35.2 Å². The molecule has 10 heavy (non-hydrogen) atoms. The molecule has 0 bridgehead atoms. The molecule has 0 spiro atoms. The number of ether oxygens (including phenoxy) is 1. The monoisotopic (exact) mass is 141 g/mol. The predicted molar refractivity (Wildman–Crippen MR) is 41.7 cm³/mol. The fourth-order valence-corrected chi connectivity index (χ4v) is 1.25. The molecule has 1 atom stereocenters. The zero-order chi connectivity index (χ0) is 7.40. The van der Waals surface area contributed by atoms with Crippen LogP contribution < -0.4 is 5.73 Å². The highest BCUT2D eigenvalue weighted by Gasteiger charge is 2.17. The third-order valence-electron chi connectivity index (χ3n) is 1.97. The maximum atomic E-state index is 5.40. The third-order valence-corrected chi connectivity index (χ3v) is 1.97. The van der Waals surface area contributed by atoms with E-state index in [0.29, 0.717) is 5.92 Å². The molecule has 0 aromatic rings. The SMILES string of the molecule is C=C(CCN)C1CCOC1. The normalized spacial score (nSPS) is 25.1. The Morgan fingerprint density at radius 1 is 1.70 bits per heavy atom. The Labute approximate surface area is 62.1 Å². The number of hydrogen-bond donors (Lipinski definition) is 1.